The van der Waals surface area contributed by atoms with Gasteiger partial charge >= 0.3 is 0 Å². The summed E-state index contributed by atoms with van der Waals surface area (Å²) in [4.78, 5) is 4.08. The maximum Gasteiger partial charge on any atom is 0.146 e. The number of benzene rings is 1. The average molecular weight is 385 g/mol. The van der Waals surface area contributed by atoms with E-state index in [1.165, 1.54) is 0 Å². The lowest BCUT2D eigenvalue weighted by molar-refractivity contribution is 0.470. The van der Waals surface area contributed by atoms with E-state index in [1.807, 2.05) is 19.1 Å². The first kappa shape index (κ1) is 14.0. The van der Waals surface area contributed by atoms with Crippen molar-refractivity contribution in [3.63, 3.8) is 0 Å². The second-order valence-electron chi connectivity index (χ2n) is 3.82. The van der Waals surface area contributed by atoms with Gasteiger partial charge in [0.1, 0.15) is 11.6 Å². The normalized spacial score (nSPS) is 10.9. The molecule has 0 saturated heterocycles. The zero-order valence-corrected chi connectivity index (χ0v) is 13.2. The Morgan fingerprint density at radius 1 is 1.37 bits per heavy atom. The number of hydrogen-bond acceptors (Lipinski definition) is 4. The number of aromatic nitrogens is 1. The third-order valence-electron chi connectivity index (χ3n) is 2.50. The van der Waals surface area contributed by atoms with Crippen LogP contribution in [-0.2, 0) is 0 Å². The van der Waals surface area contributed by atoms with Crippen molar-refractivity contribution in [1.29, 1.82) is 0 Å². The molecule has 0 spiro atoms. The number of hydrazone groups is 1. The molecule has 0 bridgehead atoms. The minimum atomic E-state index is 0.160. The molecule has 0 aliphatic heterocycles. The van der Waals surface area contributed by atoms with Crippen molar-refractivity contribution in [2.45, 2.75) is 6.92 Å². The molecule has 0 aliphatic carbocycles. The summed E-state index contributed by atoms with van der Waals surface area (Å²) in [6.07, 6.45) is 3.22. The molecule has 0 saturated carbocycles. The van der Waals surface area contributed by atoms with Gasteiger partial charge in [0.2, 0.25) is 0 Å². The predicted molar refractivity (Wildman–Crippen MR) is 83.7 cm³/mol. The van der Waals surface area contributed by atoms with Gasteiger partial charge in [-0.15, -0.1) is 0 Å². The number of anilines is 1. The third-order valence-corrected chi connectivity index (χ3v) is 4.29. The molecule has 6 heteroatoms. The summed E-state index contributed by atoms with van der Waals surface area (Å²) in [5.74, 6) is 0.802. The Bertz CT molecular complexity index is 615. The molecule has 1 heterocycles. The van der Waals surface area contributed by atoms with E-state index in [4.69, 9.17) is 0 Å². The van der Waals surface area contributed by atoms with Crippen LogP contribution in [-0.4, -0.2) is 16.3 Å². The van der Waals surface area contributed by atoms with Crippen molar-refractivity contribution < 1.29 is 5.11 Å². The standard InChI is InChI=1S/C13H11Br2N3O/c1-8-10(14)6-9(13(19)12(8)15)7-17-18-11-4-2-3-5-16-11/h2-7,19H,1H3,(H,16,18)/b17-7+. The molecule has 2 N–H and O–H groups in total. The number of nitrogens with one attached hydrogen (secondary N) is 1. The Hall–Kier alpha value is -1.40. The highest BCUT2D eigenvalue weighted by atomic mass is 79.9. The van der Waals surface area contributed by atoms with Crippen LogP contribution in [0.4, 0.5) is 5.82 Å². The van der Waals surface area contributed by atoms with E-state index < -0.39 is 0 Å². The van der Waals surface area contributed by atoms with E-state index in [-0.39, 0.29) is 5.75 Å². The van der Waals surface area contributed by atoms with E-state index >= 15 is 0 Å². The van der Waals surface area contributed by atoms with Crippen LogP contribution >= 0.6 is 31.9 Å². The average Bonchev–Trinajstić information content (AvgIpc) is 2.43. The van der Waals surface area contributed by atoms with Crippen molar-refractivity contribution in [2.75, 3.05) is 5.43 Å². The Kier molecular flexibility index (Phi) is 4.55. The van der Waals surface area contributed by atoms with Crippen LogP contribution in [0.1, 0.15) is 11.1 Å². The van der Waals surface area contributed by atoms with E-state index in [9.17, 15) is 5.11 Å². The van der Waals surface area contributed by atoms with Gasteiger partial charge in [-0.05, 0) is 46.6 Å². The highest BCUT2D eigenvalue weighted by Crippen LogP contribution is 2.35. The van der Waals surface area contributed by atoms with Crippen LogP contribution < -0.4 is 5.43 Å². The van der Waals surface area contributed by atoms with Gasteiger partial charge in [0.15, 0.2) is 0 Å². The van der Waals surface area contributed by atoms with Crippen molar-refractivity contribution in [2.24, 2.45) is 5.10 Å². The predicted octanol–water partition coefficient (Wildman–Crippen LogP) is 4.07. The van der Waals surface area contributed by atoms with Crippen LogP contribution in [0.2, 0.25) is 0 Å². The molecule has 2 aromatic rings. The highest BCUT2D eigenvalue weighted by Gasteiger charge is 2.10. The van der Waals surface area contributed by atoms with Gasteiger partial charge < -0.3 is 5.11 Å². The first-order valence-electron chi connectivity index (χ1n) is 5.47. The summed E-state index contributed by atoms with van der Waals surface area (Å²) in [5, 5.41) is 14.0. The van der Waals surface area contributed by atoms with Crippen molar-refractivity contribution >= 4 is 43.9 Å². The number of hydrogen-bond donors (Lipinski definition) is 2. The largest absolute Gasteiger partial charge is 0.506 e. The van der Waals surface area contributed by atoms with Crippen molar-refractivity contribution in [3.05, 3.63) is 50.5 Å². The SMILES string of the molecule is Cc1c(Br)cc(/C=N/Nc2ccccn2)c(O)c1Br. The highest BCUT2D eigenvalue weighted by molar-refractivity contribution is 9.11. The molecule has 1 aromatic heterocycles. The summed E-state index contributed by atoms with van der Waals surface area (Å²) in [5.41, 5.74) is 4.33. The van der Waals surface area contributed by atoms with Gasteiger partial charge in [0.05, 0.1) is 10.7 Å². The molecule has 0 aliphatic rings. The molecule has 4 nitrogen and oxygen atoms in total. The number of rotatable bonds is 3. The van der Waals surface area contributed by atoms with Gasteiger partial charge in [0.25, 0.3) is 0 Å². The number of aromatic hydroxyl groups is 1. The molecule has 0 radical (unpaired) electrons. The number of pyridine rings is 1. The molecule has 2 rings (SSSR count). The van der Waals surface area contributed by atoms with Crippen LogP contribution in [0.3, 0.4) is 0 Å². The Balaban J connectivity index is 2.20. The molecule has 0 unspecified atom stereocenters. The maximum absolute atomic E-state index is 10.00. The summed E-state index contributed by atoms with van der Waals surface area (Å²) >= 11 is 6.78. The van der Waals surface area contributed by atoms with E-state index in [0.29, 0.717) is 15.9 Å². The molecular formula is C13H11Br2N3O. The molecule has 0 atom stereocenters. The fraction of sp³-hybridized carbons (Fsp3) is 0.0769. The Morgan fingerprint density at radius 3 is 2.84 bits per heavy atom. The van der Waals surface area contributed by atoms with Crippen LogP contribution in [0.25, 0.3) is 0 Å². The van der Waals surface area contributed by atoms with Crippen molar-refractivity contribution in [1.82, 2.24) is 4.98 Å². The van der Waals surface area contributed by atoms with E-state index in [2.05, 4.69) is 47.4 Å². The zero-order valence-electron chi connectivity index (χ0n) is 10.1. The molecule has 98 valence electrons. The number of halogens is 2. The van der Waals surface area contributed by atoms with Crippen LogP contribution in [0.5, 0.6) is 5.75 Å². The Labute approximate surface area is 127 Å². The lowest BCUT2D eigenvalue weighted by atomic mass is 10.1. The topological polar surface area (TPSA) is 57.5 Å². The summed E-state index contributed by atoms with van der Waals surface area (Å²) in [7, 11) is 0. The minimum absolute atomic E-state index is 0.160. The maximum atomic E-state index is 10.00. The monoisotopic (exact) mass is 383 g/mol. The van der Waals surface area contributed by atoms with E-state index in [0.717, 1.165) is 10.0 Å². The van der Waals surface area contributed by atoms with Gasteiger partial charge in [-0.25, -0.2) is 4.98 Å². The summed E-state index contributed by atoms with van der Waals surface area (Å²) in [6, 6.07) is 7.30. The van der Waals surface area contributed by atoms with Crippen LogP contribution in [0.15, 0.2) is 44.5 Å². The molecule has 0 fully saturated rings. The van der Waals surface area contributed by atoms with Gasteiger partial charge in [-0.2, -0.15) is 5.10 Å². The quantitative estimate of drug-likeness (QED) is 0.619. The Morgan fingerprint density at radius 2 is 2.16 bits per heavy atom. The molecule has 1 aromatic carbocycles. The minimum Gasteiger partial charge on any atom is -0.506 e. The molecule has 19 heavy (non-hydrogen) atoms. The second kappa shape index (κ2) is 6.16. The smallest absolute Gasteiger partial charge is 0.146 e. The molecule has 0 amide bonds. The van der Waals surface area contributed by atoms with Crippen LogP contribution in [0, 0.1) is 6.92 Å². The summed E-state index contributed by atoms with van der Waals surface area (Å²) < 4.78 is 1.55. The van der Waals surface area contributed by atoms with Gasteiger partial charge in [-0.3, -0.25) is 5.43 Å². The lowest BCUT2D eigenvalue weighted by Gasteiger charge is -2.07. The van der Waals surface area contributed by atoms with Gasteiger partial charge in [0, 0.05) is 16.2 Å². The second-order valence-corrected chi connectivity index (χ2v) is 5.47. The van der Waals surface area contributed by atoms with Crippen molar-refractivity contribution in [3.8, 4) is 5.75 Å². The first-order valence-corrected chi connectivity index (χ1v) is 7.06. The first-order chi connectivity index (χ1) is 9.09. The third kappa shape index (κ3) is 3.33. The number of phenolic OH excluding ortho intramolecular Hbond substituents is 1. The lowest BCUT2D eigenvalue weighted by Crippen LogP contribution is -1.94. The number of phenols is 1. The van der Waals surface area contributed by atoms with Gasteiger partial charge in [-0.1, -0.05) is 22.0 Å². The fourth-order valence-electron chi connectivity index (χ4n) is 1.42. The fourth-order valence-corrected chi connectivity index (χ4v) is 2.57. The number of nitrogens with zero attached hydrogens (tertiary/aromatic N) is 2. The molecular weight excluding hydrogens is 374 g/mol. The van der Waals surface area contributed by atoms with E-state index in [1.54, 1.807) is 24.5 Å². The summed E-state index contributed by atoms with van der Waals surface area (Å²) in [6.45, 7) is 1.90. The zero-order chi connectivity index (χ0) is 13.8.